The van der Waals surface area contributed by atoms with E-state index in [9.17, 15) is 14.4 Å². The minimum Gasteiger partial charge on any atom is -0.464 e. The monoisotopic (exact) mass is 432 g/mol. The molecule has 4 aliphatic rings. The Bertz CT molecular complexity index is 761. The van der Waals surface area contributed by atoms with Crippen LogP contribution in [0.15, 0.2) is 11.6 Å². The molecule has 0 aromatic rings. The quantitative estimate of drug-likeness (QED) is 0.283. The Hall–Kier alpha value is -1.15. The van der Waals surface area contributed by atoms with Crippen LogP contribution in [0.4, 0.5) is 0 Å². The summed E-state index contributed by atoms with van der Waals surface area (Å²) in [6, 6.07) is 0. The highest BCUT2D eigenvalue weighted by molar-refractivity contribution is 6.26. The van der Waals surface area contributed by atoms with Crippen molar-refractivity contribution in [2.75, 3.05) is 25.0 Å². The average Bonchev–Trinajstić information content (AvgIpc) is 3.47. The molecule has 3 fully saturated rings. The number of carbonyl (C=O) groups excluding carboxylic acids is 3. The highest BCUT2D eigenvalue weighted by Gasteiger charge is 2.86. The number of hydrogen-bond donors (Lipinski definition) is 0. The molecule has 2 aliphatic heterocycles. The Morgan fingerprint density at radius 2 is 1.96 bits per heavy atom. The van der Waals surface area contributed by atoms with E-state index in [1.165, 1.54) is 0 Å². The summed E-state index contributed by atoms with van der Waals surface area (Å²) < 4.78 is 23.0. The number of rotatable bonds is 5. The van der Waals surface area contributed by atoms with Crippen molar-refractivity contribution < 1.29 is 33.3 Å². The molecule has 7 nitrogen and oxygen atoms in total. The molecule has 0 amide bonds. The largest absolute Gasteiger partial charge is 0.464 e. The maximum Gasteiger partial charge on any atom is 0.321 e. The first-order chi connectivity index (χ1) is 13.3. The zero-order chi connectivity index (χ0) is 20.3. The molecule has 6 atom stereocenters. The van der Waals surface area contributed by atoms with Gasteiger partial charge in [-0.3, -0.25) is 14.4 Å². The third-order valence-electron chi connectivity index (χ3n) is 7.02. The van der Waals surface area contributed by atoms with Gasteiger partial charge in [0, 0.05) is 5.41 Å². The molecule has 0 radical (unpaired) electrons. The van der Waals surface area contributed by atoms with Crippen LogP contribution in [0.5, 0.6) is 0 Å². The molecule has 0 aromatic heterocycles. The summed E-state index contributed by atoms with van der Waals surface area (Å²) in [4.78, 5) is 37.0. The molecule has 1 spiro atoms. The number of ketones is 1. The molecule has 2 saturated heterocycles. The predicted octanol–water partition coefficient (Wildman–Crippen LogP) is 1.77. The maximum atomic E-state index is 13.2. The fraction of sp³-hybridized carbons (Fsp3) is 0.737. The number of ether oxygens (including phenoxy) is 4. The Balaban J connectivity index is 1.82. The van der Waals surface area contributed by atoms with Gasteiger partial charge in [-0.1, -0.05) is 18.6 Å². The van der Waals surface area contributed by atoms with Gasteiger partial charge in [-0.05, 0) is 19.8 Å². The van der Waals surface area contributed by atoms with Crippen LogP contribution >= 0.6 is 23.2 Å². The van der Waals surface area contributed by atoms with Crippen molar-refractivity contribution >= 4 is 40.9 Å². The Morgan fingerprint density at radius 3 is 2.57 bits per heavy atom. The number of allylic oxidation sites excluding steroid dienone is 1. The van der Waals surface area contributed by atoms with E-state index in [0.717, 1.165) is 12.0 Å². The van der Waals surface area contributed by atoms with E-state index in [2.05, 4.69) is 0 Å². The zero-order valence-corrected chi connectivity index (χ0v) is 17.2. The van der Waals surface area contributed by atoms with Gasteiger partial charge in [0.15, 0.2) is 12.2 Å². The molecule has 3 unspecified atom stereocenters. The van der Waals surface area contributed by atoms with Crippen LogP contribution in [0.25, 0.3) is 0 Å². The second kappa shape index (κ2) is 6.69. The molecule has 154 valence electrons. The van der Waals surface area contributed by atoms with Crippen LogP contribution in [-0.2, 0) is 33.3 Å². The molecular formula is C19H22Cl2O7. The molecular weight excluding hydrogens is 411 g/mol. The van der Waals surface area contributed by atoms with Crippen molar-refractivity contribution in [3.63, 3.8) is 0 Å². The number of Topliss-reactive ketones (excluding diaryl/α,β-unsaturated/α-hetero) is 1. The number of epoxide rings is 1. The molecule has 2 bridgehead atoms. The van der Waals surface area contributed by atoms with Gasteiger partial charge in [-0.2, -0.15) is 0 Å². The van der Waals surface area contributed by atoms with Crippen molar-refractivity contribution in [3.8, 4) is 0 Å². The highest BCUT2D eigenvalue weighted by atomic mass is 35.5. The summed E-state index contributed by atoms with van der Waals surface area (Å²) in [5, 5.41) is 0. The number of hydrogen-bond acceptors (Lipinski definition) is 7. The normalized spacial score (nSPS) is 43.4. The van der Waals surface area contributed by atoms with Gasteiger partial charge in [0.2, 0.25) is 5.78 Å². The number of esters is 2. The zero-order valence-electron chi connectivity index (χ0n) is 15.7. The first-order valence-electron chi connectivity index (χ1n) is 9.23. The maximum absolute atomic E-state index is 13.2. The average molecular weight is 433 g/mol. The van der Waals surface area contributed by atoms with Crippen LogP contribution in [0.3, 0.4) is 0 Å². The fourth-order valence-corrected chi connectivity index (χ4v) is 5.50. The lowest BCUT2D eigenvalue weighted by atomic mass is 9.51. The molecule has 2 aliphatic carbocycles. The van der Waals surface area contributed by atoms with Gasteiger partial charge in [0.25, 0.3) is 0 Å². The minimum atomic E-state index is -1.09. The summed E-state index contributed by atoms with van der Waals surface area (Å²) in [5.74, 6) is -2.22. The van der Waals surface area contributed by atoms with Crippen LogP contribution in [0.1, 0.15) is 26.7 Å². The smallest absolute Gasteiger partial charge is 0.321 e. The third-order valence-corrected chi connectivity index (χ3v) is 7.46. The number of alkyl halides is 2. The lowest BCUT2D eigenvalue weighted by Gasteiger charge is -2.57. The van der Waals surface area contributed by atoms with E-state index in [0.29, 0.717) is 13.0 Å². The van der Waals surface area contributed by atoms with Crippen molar-refractivity contribution in [1.82, 2.24) is 0 Å². The molecule has 0 N–H and O–H groups in total. The van der Waals surface area contributed by atoms with Gasteiger partial charge in [0.1, 0.15) is 24.0 Å². The molecule has 1 saturated carbocycles. The molecule has 0 aromatic carbocycles. The van der Waals surface area contributed by atoms with E-state index in [4.69, 9.17) is 42.1 Å². The molecule has 4 rings (SSSR count). The first-order valence-corrected chi connectivity index (χ1v) is 10.3. The van der Waals surface area contributed by atoms with E-state index < -0.39 is 46.7 Å². The van der Waals surface area contributed by atoms with Crippen molar-refractivity contribution in [2.24, 2.45) is 10.8 Å². The van der Waals surface area contributed by atoms with Crippen molar-refractivity contribution in [3.05, 3.63) is 11.6 Å². The highest BCUT2D eigenvalue weighted by Crippen LogP contribution is 2.71. The van der Waals surface area contributed by atoms with E-state index in [-0.39, 0.29) is 24.2 Å². The summed E-state index contributed by atoms with van der Waals surface area (Å²) in [6.07, 6.45) is 0.896. The number of carbonyl (C=O) groups is 3. The van der Waals surface area contributed by atoms with Crippen LogP contribution in [0, 0.1) is 10.8 Å². The second-order valence-electron chi connectivity index (χ2n) is 8.19. The second-order valence-corrected chi connectivity index (χ2v) is 8.72. The Labute approximate surface area is 172 Å². The SMILES string of the molecule is CC1=CC2OC3C(=O)[C@@H](OC(=O)CCl)[C@@](C)(C34CO4)[C@@]2(COC(=O)CCl)CC1. The fourth-order valence-electron chi connectivity index (χ4n) is 5.36. The van der Waals surface area contributed by atoms with Crippen molar-refractivity contribution in [2.45, 2.75) is 50.6 Å². The topological polar surface area (TPSA) is 91.4 Å². The number of halogens is 2. The van der Waals surface area contributed by atoms with Crippen LogP contribution in [0.2, 0.25) is 0 Å². The van der Waals surface area contributed by atoms with Crippen LogP contribution < -0.4 is 0 Å². The summed E-state index contributed by atoms with van der Waals surface area (Å²) >= 11 is 11.2. The van der Waals surface area contributed by atoms with E-state index in [1.54, 1.807) is 0 Å². The molecule has 9 heteroatoms. The van der Waals surface area contributed by atoms with Gasteiger partial charge in [0.05, 0.1) is 18.1 Å². The Kier molecular flexibility index (Phi) is 4.81. The standard InChI is InChI=1S/C19H22Cl2O7/c1-10-3-4-18(8-25-12(22)6-20)11(5-10)27-16-14(24)15(28-13(23)7-21)17(18,2)19(16)9-26-19/h5,11,15-16H,3-4,6-9H2,1-2H3/t11?,15-,16?,17-,18-,19?/m1/s1. The lowest BCUT2D eigenvalue weighted by Crippen LogP contribution is -2.66. The van der Waals surface area contributed by atoms with Gasteiger partial charge in [-0.25, -0.2) is 0 Å². The summed E-state index contributed by atoms with van der Waals surface area (Å²) in [6.45, 7) is 4.18. The molecule has 28 heavy (non-hydrogen) atoms. The van der Waals surface area contributed by atoms with E-state index >= 15 is 0 Å². The van der Waals surface area contributed by atoms with Crippen LogP contribution in [-0.4, -0.2) is 66.6 Å². The minimum absolute atomic E-state index is 0.0104. The summed E-state index contributed by atoms with van der Waals surface area (Å²) in [7, 11) is 0. The Morgan fingerprint density at radius 1 is 1.29 bits per heavy atom. The predicted molar refractivity (Wildman–Crippen MR) is 98.2 cm³/mol. The van der Waals surface area contributed by atoms with Gasteiger partial charge >= 0.3 is 11.9 Å². The first kappa shape index (κ1) is 20.1. The number of fused-ring (bicyclic) bond motifs is 2. The van der Waals surface area contributed by atoms with Crippen molar-refractivity contribution in [1.29, 1.82) is 0 Å². The summed E-state index contributed by atoms with van der Waals surface area (Å²) in [5.41, 5.74) is -1.51. The van der Waals surface area contributed by atoms with E-state index in [1.807, 2.05) is 19.9 Å². The third kappa shape index (κ3) is 2.46. The molecule has 2 heterocycles. The lowest BCUT2D eigenvalue weighted by molar-refractivity contribution is -0.232. The van der Waals surface area contributed by atoms with Gasteiger partial charge < -0.3 is 18.9 Å². The van der Waals surface area contributed by atoms with Gasteiger partial charge in [-0.15, -0.1) is 23.2 Å².